The summed E-state index contributed by atoms with van der Waals surface area (Å²) in [5.74, 6) is 1.39. The second-order valence-electron chi connectivity index (χ2n) is 5.77. The van der Waals surface area contributed by atoms with Crippen molar-refractivity contribution in [1.29, 1.82) is 0 Å². The van der Waals surface area contributed by atoms with Gasteiger partial charge in [0.15, 0.2) is 5.96 Å². The molecule has 1 amide bonds. The molecule has 2 aromatic rings. The van der Waals surface area contributed by atoms with E-state index in [1.54, 1.807) is 4.68 Å². The van der Waals surface area contributed by atoms with E-state index in [-0.39, 0.29) is 36.4 Å². The van der Waals surface area contributed by atoms with Crippen LogP contribution in [-0.4, -0.2) is 46.3 Å². The average Bonchev–Trinajstić information content (AvgIpc) is 3.23. The zero-order valence-electron chi connectivity index (χ0n) is 15.0. The summed E-state index contributed by atoms with van der Waals surface area (Å²) in [6.07, 6.45) is 2.40. The van der Waals surface area contributed by atoms with Crippen LogP contribution in [0.2, 0.25) is 0 Å². The van der Waals surface area contributed by atoms with Gasteiger partial charge in [-0.05, 0) is 25.0 Å². The van der Waals surface area contributed by atoms with Gasteiger partial charge in [0.05, 0.1) is 6.54 Å². The molecule has 3 rings (SSSR count). The third-order valence-electron chi connectivity index (χ3n) is 4.12. The molecule has 2 heterocycles. The van der Waals surface area contributed by atoms with Crippen LogP contribution >= 0.6 is 24.0 Å². The van der Waals surface area contributed by atoms with Crippen LogP contribution in [0.25, 0.3) is 0 Å². The normalized spacial score (nSPS) is 13.2. The number of aromatic nitrogens is 3. The Morgan fingerprint density at radius 1 is 1.31 bits per heavy atom. The highest BCUT2D eigenvalue weighted by atomic mass is 127. The lowest BCUT2D eigenvalue weighted by Crippen LogP contribution is -2.44. The van der Waals surface area contributed by atoms with E-state index in [4.69, 9.17) is 0 Å². The van der Waals surface area contributed by atoms with Crippen LogP contribution in [-0.2, 0) is 24.8 Å². The summed E-state index contributed by atoms with van der Waals surface area (Å²) in [5, 5.41) is 10.3. The molecule has 0 saturated heterocycles. The number of benzene rings is 1. The van der Waals surface area contributed by atoms with Gasteiger partial charge in [0.2, 0.25) is 5.91 Å². The van der Waals surface area contributed by atoms with Crippen LogP contribution in [0.5, 0.6) is 0 Å². The van der Waals surface area contributed by atoms with Crippen LogP contribution in [0.4, 0.5) is 5.69 Å². The molecule has 9 heteroatoms. The number of rotatable bonds is 5. The number of para-hydroxylation sites is 1. The number of aryl methyl sites for hydroxylation is 1. The Hall–Kier alpha value is -2.17. The summed E-state index contributed by atoms with van der Waals surface area (Å²) in [6.45, 7) is 4.02. The second kappa shape index (κ2) is 9.51. The highest BCUT2D eigenvalue weighted by molar-refractivity contribution is 14.0. The van der Waals surface area contributed by atoms with Gasteiger partial charge in [-0.2, -0.15) is 5.10 Å². The first kappa shape index (κ1) is 20.1. The minimum atomic E-state index is 0. The van der Waals surface area contributed by atoms with Crippen molar-refractivity contribution in [2.45, 2.75) is 19.9 Å². The topological polar surface area (TPSA) is 87.4 Å². The lowest BCUT2D eigenvalue weighted by atomic mass is 10.2. The first-order chi connectivity index (χ1) is 12.2. The van der Waals surface area contributed by atoms with Crippen molar-refractivity contribution in [2.75, 3.05) is 24.5 Å². The van der Waals surface area contributed by atoms with Crippen molar-refractivity contribution in [3.8, 4) is 0 Å². The highest BCUT2D eigenvalue weighted by Gasteiger charge is 2.23. The van der Waals surface area contributed by atoms with Gasteiger partial charge >= 0.3 is 0 Å². The molecule has 26 heavy (non-hydrogen) atoms. The van der Waals surface area contributed by atoms with Crippen molar-refractivity contribution >= 4 is 41.5 Å². The molecule has 0 spiro atoms. The fraction of sp³-hybridized carbons (Fsp3) is 0.412. The van der Waals surface area contributed by atoms with Crippen molar-refractivity contribution in [3.05, 3.63) is 42.0 Å². The third-order valence-corrected chi connectivity index (χ3v) is 4.12. The smallest absolute Gasteiger partial charge is 0.246 e. The van der Waals surface area contributed by atoms with E-state index >= 15 is 0 Å². The third kappa shape index (κ3) is 4.71. The molecular formula is C17H24IN7O. The molecule has 0 bridgehead atoms. The Kier molecular flexibility index (Phi) is 7.37. The molecule has 0 aliphatic carbocycles. The van der Waals surface area contributed by atoms with Gasteiger partial charge in [0, 0.05) is 25.8 Å². The minimum Gasteiger partial charge on any atom is -0.357 e. The minimum absolute atomic E-state index is 0. The largest absolute Gasteiger partial charge is 0.357 e. The van der Waals surface area contributed by atoms with Crippen LogP contribution in [0, 0.1) is 0 Å². The number of nitrogens with zero attached hydrogens (tertiary/aromatic N) is 5. The number of carbonyl (C=O) groups excluding carboxylic acids is 1. The first-order valence-corrected chi connectivity index (χ1v) is 8.42. The Morgan fingerprint density at radius 3 is 2.85 bits per heavy atom. The van der Waals surface area contributed by atoms with Crippen molar-refractivity contribution in [1.82, 2.24) is 25.4 Å². The van der Waals surface area contributed by atoms with Gasteiger partial charge in [-0.15, -0.1) is 24.0 Å². The van der Waals surface area contributed by atoms with Crippen LogP contribution in [0.3, 0.4) is 0 Å². The van der Waals surface area contributed by atoms with Crippen molar-refractivity contribution in [2.24, 2.45) is 12.0 Å². The Morgan fingerprint density at radius 2 is 2.12 bits per heavy atom. The number of carbonyl (C=O) groups is 1. The maximum atomic E-state index is 12.6. The lowest BCUT2D eigenvalue weighted by Gasteiger charge is -2.18. The number of fused-ring (bicyclic) bond motifs is 1. The van der Waals surface area contributed by atoms with Gasteiger partial charge in [-0.25, -0.2) is 9.98 Å². The van der Waals surface area contributed by atoms with Crippen LogP contribution in [0.1, 0.15) is 18.3 Å². The predicted molar refractivity (Wildman–Crippen MR) is 112 cm³/mol. The molecule has 140 valence electrons. The first-order valence-electron chi connectivity index (χ1n) is 8.42. The summed E-state index contributed by atoms with van der Waals surface area (Å²) in [6, 6.07) is 8.04. The average molecular weight is 469 g/mol. The number of hydrogen-bond acceptors (Lipinski definition) is 4. The van der Waals surface area contributed by atoms with Crippen molar-refractivity contribution < 1.29 is 4.79 Å². The maximum Gasteiger partial charge on any atom is 0.246 e. The summed E-state index contributed by atoms with van der Waals surface area (Å²) < 4.78 is 1.68. The quantitative estimate of drug-likeness (QED) is 0.389. The zero-order chi connectivity index (χ0) is 17.6. The molecule has 1 aromatic carbocycles. The van der Waals surface area contributed by atoms with E-state index in [2.05, 4.69) is 31.8 Å². The molecule has 0 radical (unpaired) electrons. The lowest BCUT2D eigenvalue weighted by molar-refractivity contribution is -0.117. The SMILES string of the molecule is CCNC(=NCc1ncnn1C)NCC(=O)N1CCc2ccccc21.I. The molecule has 0 saturated carbocycles. The van der Waals surface area contributed by atoms with E-state index in [9.17, 15) is 4.79 Å². The van der Waals surface area contributed by atoms with Gasteiger partial charge in [-0.3, -0.25) is 9.48 Å². The van der Waals surface area contributed by atoms with E-state index in [0.717, 1.165) is 24.5 Å². The number of nitrogens with one attached hydrogen (secondary N) is 2. The number of amides is 1. The number of aliphatic imine (C=N–C) groups is 1. The fourth-order valence-electron chi connectivity index (χ4n) is 2.81. The van der Waals surface area contributed by atoms with Gasteiger partial charge in [0.25, 0.3) is 0 Å². The Bertz CT molecular complexity index is 774. The van der Waals surface area contributed by atoms with E-state index < -0.39 is 0 Å². The molecule has 0 unspecified atom stereocenters. The number of hydrogen-bond donors (Lipinski definition) is 2. The fourth-order valence-corrected chi connectivity index (χ4v) is 2.81. The Labute approximate surface area is 170 Å². The summed E-state index contributed by atoms with van der Waals surface area (Å²) in [5.41, 5.74) is 2.23. The number of guanidine groups is 1. The molecule has 1 aliphatic rings. The highest BCUT2D eigenvalue weighted by Crippen LogP contribution is 2.27. The van der Waals surface area contributed by atoms with Crippen LogP contribution in [0.15, 0.2) is 35.6 Å². The predicted octanol–water partition coefficient (Wildman–Crippen LogP) is 1.08. The van der Waals surface area contributed by atoms with Gasteiger partial charge in [-0.1, -0.05) is 18.2 Å². The summed E-state index contributed by atoms with van der Waals surface area (Å²) >= 11 is 0. The molecule has 2 N–H and O–H groups in total. The number of anilines is 1. The second-order valence-corrected chi connectivity index (χ2v) is 5.77. The van der Waals surface area contributed by atoms with Crippen LogP contribution < -0.4 is 15.5 Å². The standard InChI is InChI=1S/C17H23N7O.HI/c1-3-18-17(19-10-15-21-12-22-23(15)2)20-11-16(25)24-9-8-13-6-4-5-7-14(13)24;/h4-7,12H,3,8-11H2,1-2H3,(H2,18,19,20);1H. The van der Waals surface area contributed by atoms with Crippen molar-refractivity contribution in [3.63, 3.8) is 0 Å². The van der Waals surface area contributed by atoms with E-state index in [1.165, 1.54) is 11.9 Å². The molecule has 0 atom stereocenters. The maximum absolute atomic E-state index is 12.6. The van der Waals surface area contributed by atoms with Gasteiger partial charge in [0.1, 0.15) is 18.7 Å². The molecule has 1 aliphatic heterocycles. The Balaban J connectivity index is 0.00000243. The molecule has 1 aromatic heterocycles. The summed E-state index contributed by atoms with van der Waals surface area (Å²) in [7, 11) is 1.83. The zero-order valence-corrected chi connectivity index (χ0v) is 17.3. The van der Waals surface area contributed by atoms with E-state index in [1.807, 2.05) is 37.1 Å². The summed E-state index contributed by atoms with van der Waals surface area (Å²) in [4.78, 5) is 23.0. The molecule has 8 nitrogen and oxygen atoms in total. The number of halogens is 1. The monoisotopic (exact) mass is 469 g/mol. The molecular weight excluding hydrogens is 445 g/mol. The molecule has 0 fully saturated rings. The van der Waals surface area contributed by atoms with Gasteiger partial charge < -0.3 is 15.5 Å². The van der Waals surface area contributed by atoms with E-state index in [0.29, 0.717) is 19.0 Å².